The third-order valence-electron chi connectivity index (χ3n) is 3.87. The van der Waals surface area contributed by atoms with E-state index in [4.69, 9.17) is 10.2 Å². The van der Waals surface area contributed by atoms with Crippen LogP contribution in [0.1, 0.15) is 23.1 Å². The lowest BCUT2D eigenvalue weighted by molar-refractivity contribution is -0.133. The molecule has 0 saturated carbocycles. The number of amides is 2. The molecule has 0 aliphatic rings. The van der Waals surface area contributed by atoms with Crippen molar-refractivity contribution < 1.29 is 18.4 Å². The zero-order chi connectivity index (χ0) is 18.6. The largest absolute Gasteiger partial charge is 0.464 e. The minimum absolute atomic E-state index is 0.0414. The van der Waals surface area contributed by atoms with Crippen LogP contribution in [0.4, 0.5) is 4.39 Å². The summed E-state index contributed by atoms with van der Waals surface area (Å²) in [5.74, 6) is 0.124. The monoisotopic (exact) mass is 347 g/mol. The first kappa shape index (κ1) is 18.7. The number of benzene rings is 1. The molecule has 7 heteroatoms. The molecule has 0 saturated heterocycles. The molecule has 1 heterocycles. The fraction of sp³-hybridized carbons (Fsp3) is 0.333. The van der Waals surface area contributed by atoms with E-state index in [9.17, 15) is 14.0 Å². The number of primary amides is 1. The molecule has 1 atom stereocenters. The van der Waals surface area contributed by atoms with Crippen LogP contribution in [-0.4, -0.2) is 42.3 Å². The lowest BCUT2D eigenvalue weighted by Crippen LogP contribution is -2.42. The summed E-state index contributed by atoms with van der Waals surface area (Å²) >= 11 is 0. The van der Waals surface area contributed by atoms with Crippen molar-refractivity contribution in [1.29, 1.82) is 0 Å². The number of furan rings is 1. The molecule has 2 amide bonds. The number of rotatable bonds is 7. The minimum Gasteiger partial charge on any atom is -0.464 e. The summed E-state index contributed by atoms with van der Waals surface area (Å²) in [6.07, 6.45) is 0. The Labute approximate surface area is 146 Å². The number of hydrogen-bond donors (Lipinski definition) is 1. The zero-order valence-electron chi connectivity index (χ0n) is 14.5. The standard InChI is InChI=1S/C18H22FN3O3/c1-12-7-8-15(25-12)10-21(2)16(23)11-22(3)17(18(20)24)13-5-4-6-14(19)9-13/h4-9,17H,10-11H2,1-3H3,(H2,20,24)/t17-/m1/s1. The molecule has 0 aliphatic heterocycles. The van der Waals surface area contributed by atoms with Crippen LogP contribution in [0.15, 0.2) is 40.8 Å². The van der Waals surface area contributed by atoms with Crippen LogP contribution in [0, 0.1) is 12.7 Å². The van der Waals surface area contributed by atoms with E-state index < -0.39 is 17.8 Å². The maximum absolute atomic E-state index is 13.4. The molecule has 0 spiro atoms. The molecule has 1 aromatic carbocycles. The molecule has 0 radical (unpaired) electrons. The SMILES string of the molecule is Cc1ccc(CN(C)C(=O)CN(C)[C@@H](C(N)=O)c2cccc(F)c2)o1. The van der Waals surface area contributed by atoms with Gasteiger partial charge in [-0.05, 0) is 43.8 Å². The Morgan fingerprint density at radius 2 is 1.96 bits per heavy atom. The van der Waals surface area contributed by atoms with E-state index in [0.29, 0.717) is 17.9 Å². The van der Waals surface area contributed by atoms with Gasteiger partial charge in [0.15, 0.2) is 0 Å². The maximum atomic E-state index is 13.4. The summed E-state index contributed by atoms with van der Waals surface area (Å²) in [5, 5.41) is 0. The van der Waals surface area contributed by atoms with Gasteiger partial charge < -0.3 is 15.1 Å². The average molecular weight is 347 g/mol. The number of likely N-dealkylation sites (N-methyl/N-ethyl adjacent to an activating group) is 2. The second kappa shape index (κ2) is 7.94. The van der Waals surface area contributed by atoms with Gasteiger partial charge in [-0.25, -0.2) is 4.39 Å². The van der Waals surface area contributed by atoms with Crippen molar-refractivity contribution in [3.8, 4) is 0 Å². The van der Waals surface area contributed by atoms with Crippen LogP contribution in [0.3, 0.4) is 0 Å². The first-order valence-corrected chi connectivity index (χ1v) is 7.82. The van der Waals surface area contributed by atoms with E-state index >= 15 is 0 Å². The van der Waals surface area contributed by atoms with E-state index in [-0.39, 0.29) is 12.5 Å². The van der Waals surface area contributed by atoms with Gasteiger partial charge in [-0.3, -0.25) is 14.5 Å². The summed E-state index contributed by atoms with van der Waals surface area (Å²) in [4.78, 5) is 27.2. The molecule has 6 nitrogen and oxygen atoms in total. The summed E-state index contributed by atoms with van der Waals surface area (Å²) in [6.45, 7) is 2.11. The number of nitrogens with zero attached hydrogens (tertiary/aromatic N) is 2. The molecule has 0 bridgehead atoms. The third-order valence-corrected chi connectivity index (χ3v) is 3.87. The summed E-state index contributed by atoms with van der Waals surface area (Å²) < 4.78 is 18.9. The maximum Gasteiger partial charge on any atom is 0.239 e. The van der Waals surface area contributed by atoms with Gasteiger partial charge in [-0.2, -0.15) is 0 Å². The molecule has 25 heavy (non-hydrogen) atoms. The van der Waals surface area contributed by atoms with Crippen LogP contribution in [-0.2, 0) is 16.1 Å². The van der Waals surface area contributed by atoms with E-state index in [1.807, 2.05) is 19.1 Å². The number of halogens is 1. The summed E-state index contributed by atoms with van der Waals surface area (Å²) in [6, 6.07) is 8.38. The lowest BCUT2D eigenvalue weighted by Gasteiger charge is -2.27. The van der Waals surface area contributed by atoms with Crippen molar-refractivity contribution in [2.75, 3.05) is 20.6 Å². The van der Waals surface area contributed by atoms with Crippen LogP contribution in [0.25, 0.3) is 0 Å². The molecule has 0 unspecified atom stereocenters. The van der Waals surface area contributed by atoms with Crippen molar-refractivity contribution in [3.63, 3.8) is 0 Å². The Morgan fingerprint density at radius 1 is 1.24 bits per heavy atom. The van der Waals surface area contributed by atoms with Crippen LogP contribution < -0.4 is 5.73 Å². The fourth-order valence-corrected chi connectivity index (χ4v) is 2.63. The van der Waals surface area contributed by atoms with E-state index in [1.54, 1.807) is 20.2 Å². The smallest absolute Gasteiger partial charge is 0.239 e. The van der Waals surface area contributed by atoms with Gasteiger partial charge in [0.1, 0.15) is 23.4 Å². The predicted octanol–water partition coefficient (Wildman–Crippen LogP) is 1.84. The summed E-state index contributed by atoms with van der Waals surface area (Å²) in [5.41, 5.74) is 5.86. The van der Waals surface area contributed by atoms with E-state index in [1.165, 1.54) is 28.0 Å². The average Bonchev–Trinajstić information content (AvgIpc) is 2.92. The van der Waals surface area contributed by atoms with Gasteiger partial charge >= 0.3 is 0 Å². The Bertz CT molecular complexity index is 760. The van der Waals surface area contributed by atoms with Crippen LogP contribution in [0.2, 0.25) is 0 Å². The Hall–Kier alpha value is -2.67. The number of carbonyl (C=O) groups excluding carboxylic acids is 2. The number of hydrogen-bond acceptors (Lipinski definition) is 4. The highest BCUT2D eigenvalue weighted by molar-refractivity contribution is 5.83. The molecule has 0 aliphatic carbocycles. The number of carbonyl (C=O) groups is 2. The quantitative estimate of drug-likeness (QED) is 0.829. The van der Waals surface area contributed by atoms with Gasteiger partial charge in [0.25, 0.3) is 0 Å². The minimum atomic E-state index is -0.890. The van der Waals surface area contributed by atoms with Gasteiger partial charge in [0.05, 0.1) is 13.1 Å². The third kappa shape index (κ3) is 4.90. The Kier molecular flexibility index (Phi) is 5.93. The van der Waals surface area contributed by atoms with Crippen LogP contribution >= 0.6 is 0 Å². The zero-order valence-corrected chi connectivity index (χ0v) is 14.5. The van der Waals surface area contributed by atoms with Crippen molar-refractivity contribution in [2.45, 2.75) is 19.5 Å². The summed E-state index contributed by atoms with van der Waals surface area (Å²) in [7, 11) is 3.25. The Morgan fingerprint density at radius 3 is 2.52 bits per heavy atom. The molecule has 1 aromatic heterocycles. The highest BCUT2D eigenvalue weighted by Gasteiger charge is 2.26. The van der Waals surface area contributed by atoms with Gasteiger partial charge in [0.2, 0.25) is 11.8 Å². The van der Waals surface area contributed by atoms with Crippen molar-refractivity contribution in [2.24, 2.45) is 5.73 Å². The highest BCUT2D eigenvalue weighted by atomic mass is 19.1. The lowest BCUT2D eigenvalue weighted by atomic mass is 10.0. The molecular weight excluding hydrogens is 325 g/mol. The molecule has 0 fully saturated rings. The van der Waals surface area contributed by atoms with E-state index in [0.717, 1.165) is 5.76 Å². The second-order valence-electron chi connectivity index (χ2n) is 6.04. The first-order valence-electron chi connectivity index (χ1n) is 7.82. The second-order valence-corrected chi connectivity index (χ2v) is 6.04. The Balaban J connectivity index is 2.05. The number of nitrogens with two attached hydrogens (primary N) is 1. The molecule has 2 rings (SSSR count). The van der Waals surface area contributed by atoms with E-state index in [2.05, 4.69) is 0 Å². The predicted molar refractivity (Wildman–Crippen MR) is 90.9 cm³/mol. The highest BCUT2D eigenvalue weighted by Crippen LogP contribution is 2.20. The molecule has 134 valence electrons. The first-order chi connectivity index (χ1) is 11.8. The number of aryl methyl sites for hydroxylation is 1. The van der Waals surface area contributed by atoms with Gasteiger partial charge in [-0.15, -0.1) is 0 Å². The van der Waals surface area contributed by atoms with Crippen molar-refractivity contribution >= 4 is 11.8 Å². The normalized spacial score (nSPS) is 12.2. The van der Waals surface area contributed by atoms with Gasteiger partial charge in [0, 0.05) is 7.05 Å². The molecule has 2 N–H and O–H groups in total. The van der Waals surface area contributed by atoms with Crippen molar-refractivity contribution in [3.05, 3.63) is 59.3 Å². The fourth-order valence-electron chi connectivity index (χ4n) is 2.63. The topological polar surface area (TPSA) is 79.8 Å². The van der Waals surface area contributed by atoms with Gasteiger partial charge in [-0.1, -0.05) is 12.1 Å². The molecular formula is C18H22FN3O3. The van der Waals surface area contributed by atoms with Crippen LogP contribution in [0.5, 0.6) is 0 Å². The molecule has 2 aromatic rings. The van der Waals surface area contributed by atoms with Crippen molar-refractivity contribution in [1.82, 2.24) is 9.80 Å².